The molecule has 5 heteroatoms. The first kappa shape index (κ1) is 17.3. The predicted molar refractivity (Wildman–Crippen MR) is 108 cm³/mol. The van der Waals surface area contributed by atoms with Crippen molar-refractivity contribution in [3.05, 3.63) is 86.9 Å². The molecule has 134 valence electrons. The van der Waals surface area contributed by atoms with Crippen LogP contribution in [0.5, 0.6) is 0 Å². The molecule has 3 heterocycles. The summed E-state index contributed by atoms with van der Waals surface area (Å²) in [6.45, 7) is 3.71. The predicted octanol–water partition coefficient (Wildman–Crippen LogP) is 4.25. The number of ketones is 1. The van der Waals surface area contributed by atoms with Crippen LogP contribution in [0.15, 0.2) is 70.9 Å². The average Bonchev–Trinajstić information content (AvgIpc) is 3.23. The Morgan fingerprint density at radius 3 is 2.81 bits per heavy atom. The zero-order chi connectivity index (χ0) is 18.8. The van der Waals surface area contributed by atoms with Crippen LogP contribution in [0.25, 0.3) is 5.70 Å². The molecule has 0 bridgehead atoms. The second-order valence-corrected chi connectivity index (χ2v) is 7.53. The lowest BCUT2D eigenvalue weighted by molar-refractivity contribution is 0.103. The summed E-state index contributed by atoms with van der Waals surface area (Å²) in [6, 6.07) is 14.1. The minimum absolute atomic E-state index is 0.0416. The molecule has 1 fully saturated rings. The van der Waals surface area contributed by atoms with Crippen molar-refractivity contribution in [2.45, 2.75) is 13.3 Å². The van der Waals surface area contributed by atoms with E-state index in [2.05, 4.69) is 47.5 Å². The molecule has 4 nitrogen and oxygen atoms in total. The topological polar surface area (TPSA) is 56.1 Å². The van der Waals surface area contributed by atoms with Gasteiger partial charge in [-0.05, 0) is 36.4 Å². The fourth-order valence-corrected chi connectivity index (χ4v) is 4.14. The van der Waals surface area contributed by atoms with Crippen LogP contribution >= 0.6 is 11.3 Å². The third-order valence-electron chi connectivity index (χ3n) is 4.77. The molecule has 0 aliphatic carbocycles. The lowest BCUT2D eigenvalue weighted by atomic mass is 9.92. The zero-order valence-electron chi connectivity index (χ0n) is 15.0. The molecule has 0 saturated carbocycles. The third-order valence-corrected chi connectivity index (χ3v) is 5.64. The van der Waals surface area contributed by atoms with E-state index in [1.165, 1.54) is 23.0 Å². The first-order valence-electron chi connectivity index (χ1n) is 8.92. The van der Waals surface area contributed by atoms with E-state index in [4.69, 9.17) is 0 Å². The fraction of sp³-hybridized carbons (Fsp3) is 0.182. The first-order valence-corrected chi connectivity index (χ1v) is 9.80. The summed E-state index contributed by atoms with van der Waals surface area (Å²) in [5, 5.41) is 14.6. The van der Waals surface area contributed by atoms with Gasteiger partial charge in [-0.1, -0.05) is 35.9 Å². The molecule has 0 unspecified atom stereocenters. The molecule has 27 heavy (non-hydrogen) atoms. The van der Waals surface area contributed by atoms with Crippen molar-refractivity contribution in [2.24, 2.45) is 0 Å². The molecule has 1 saturated heterocycles. The number of hydrogen-bond donors (Lipinski definition) is 1. The normalized spacial score (nSPS) is 17.9. The van der Waals surface area contributed by atoms with Gasteiger partial charge in [0, 0.05) is 24.7 Å². The van der Waals surface area contributed by atoms with Crippen LogP contribution in [-0.2, 0) is 0 Å². The van der Waals surface area contributed by atoms with Gasteiger partial charge >= 0.3 is 0 Å². The smallest absolute Gasteiger partial charge is 0.207 e. The van der Waals surface area contributed by atoms with Gasteiger partial charge in [0.1, 0.15) is 5.82 Å². The Hall–Kier alpha value is -3.10. The highest BCUT2D eigenvalue weighted by Gasteiger charge is 2.32. The molecule has 4 rings (SSSR count). The summed E-state index contributed by atoms with van der Waals surface area (Å²) in [6.07, 6.45) is 4.42. The number of hydrogen-bond acceptors (Lipinski definition) is 5. The summed E-state index contributed by atoms with van der Waals surface area (Å²) in [7, 11) is 0. The number of allylic oxidation sites excluding steroid dienone is 4. The highest BCUT2D eigenvalue weighted by atomic mass is 32.1. The van der Waals surface area contributed by atoms with E-state index < -0.39 is 0 Å². The van der Waals surface area contributed by atoms with E-state index in [0.717, 1.165) is 36.6 Å². The molecule has 0 radical (unpaired) electrons. The third kappa shape index (κ3) is 3.20. The van der Waals surface area contributed by atoms with Gasteiger partial charge in [0.05, 0.1) is 22.2 Å². The highest BCUT2D eigenvalue weighted by molar-refractivity contribution is 7.12. The second kappa shape index (κ2) is 7.26. The number of carbonyl (C=O) groups is 1. The van der Waals surface area contributed by atoms with E-state index in [-0.39, 0.29) is 5.78 Å². The average molecular weight is 373 g/mol. The minimum atomic E-state index is -0.0416. The number of aryl methyl sites for hydroxylation is 1. The van der Waals surface area contributed by atoms with Gasteiger partial charge in [0.2, 0.25) is 5.78 Å². The van der Waals surface area contributed by atoms with E-state index in [1.54, 1.807) is 0 Å². The van der Waals surface area contributed by atoms with E-state index >= 15 is 0 Å². The largest absolute Gasteiger partial charge is 0.371 e. The molecule has 0 spiro atoms. The summed E-state index contributed by atoms with van der Waals surface area (Å²) in [4.78, 5) is 16.0. The number of rotatable bonds is 3. The molecule has 2 aliphatic heterocycles. The Kier molecular flexibility index (Phi) is 4.66. The number of nitriles is 1. The number of thiophene rings is 1. The van der Waals surface area contributed by atoms with Crippen molar-refractivity contribution in [1.29, 1.82) is 5.26 Å². The number of carbonyl (C=O) groups excluding carboxylic acids is 1. The number of benzene rings is 1. The molecule has 2 aliphatic rings. The van der Waals surface area contributed by atoms with Gasteiger partial charge < -0.3 is 10.2 Å². The van der Waals surface area contributed by atoms with E-state index in [9.17, 15) is 10.1 Å². The van der Waals surface area contributed by atoms with Crippen LogP contribution in [0.4, 0.5) is 0 Å². The molecule has 2 aromatic rings. The van der Waals surface area contributed by atoms with Gasteiger partial charge in [-0.3, -0.25) is 4.79 Å². The van der Waals surface area contributed by atoms with Crippen molar-refractivity contribution >= 4 is 22.8 Å². The molecule has 0 atom stereocenters. The second-order valence-electron chi connectivity index (χ2n) is 6.59. The molecule has 1 N–H and O–H groups in total. The van der Waals surface area contributed by atoms with Crippen LogP contribution in [0.1, 0.15) is 27.2 Å². The maximum Gasteiger partial charge on any atom is 0.207 e. The minimum Gasteiger partial charge on any atom is -0.371 e. The maximum atomic E-state index is 13.2. The van der Waals surface area contributed by atoms with Crippen LogP contribution < -0.4 is 5.32 Å². The lowest BCUT2D eigenvalue weighted by Crippen LogP contribution is -2.42. The number of fused-ring (bicyclic) bond motifs is 1. The summed E-state index contributed by atoms with van der Waals surface area (Å²) in [5.41, 5.74) is 4.53. The molecule has 0 amide bonds. The Morgan fingerprint density at radius 2 is 2.11 bits per heavy atom. The number of nitrogens with one attached hydrogen (secondary N) is 1. The van der Waals surface area contributed by atoms with Crippen molar-refractivity contribution in [3.8, 4) is 6.07 Å². The van der Waals surface area contributed by atoms with Crippen molar-refractivity contribution < 1.29 is 4.79 Å². The molecule has 1 aromatic heterocycles. The standard InChI is InChI=1S/C22H19N3OS/c1-15-5-7-16(8-6-15)18-14-17(9-10-23)20(21(26)19-4-2-13-27-19)22-24-11-3-12-25(18)22/h2,4-9,13-14,24H,3,11-12H2,1H3/b17-9+. The monoisotopic (exact) mass is 373 g/mol. The Bertz CT molecular complexity index is 1000. The Balaban J connectivity index is 1.86. The SMILES string of the molecule is Cc1ccc(C2=C/C(=C\C#N)C(C(=O)c3cccs3)=C3NCCCN23)cc1. The van der Waals surface area contributed by atoms with Gasteiger partial charge in [-0.2, -0.15) is 5.26 Å². The quantitative estimate of drug-likeness (QED) is 0.645. The number of nitrogens with zero attached hydrogens (tertiary/aromatic N) is 2. The Morgan fingerprint density at radius 1 is 1.30 bits per heavy atom. The summed E-state index contributed by atoms with van der Waals surface area (Å²) in [5.74, 6) is 0.763. The van der Waals surface area contributed by atoms with Crippen molar-refractivity contribution in [3.63, 3.8) is 0 Å². The highest BCUT2D eigenvalue weighted by Crippen LogP contribution is 2.37. The van der Waals surface area contributed by atoms with Gasteiger partial charge in [-0.25, -0.2) is 0 Å². The molecule has 1 aromatic carbocycles. The van der Waals surface area contributed by atoms with Crippen molar-refractivity contribution in [1.82, 2.24) is 10.2 Å². The van der Waals surface area contributed by atoms with Crippen LogP contribution in [-0.4, -0.2) is 23.8 Å². The van der Waals surface area contributed by atoms with E-state index in [0.29, 0.717) is 16.0 Å². The number of Topliss-reactive ketones (excluding diaryl/α,β-unsaturated/α-hetero) is 1. The van der Waals surface area contributed by atoms with Gasteiger partial charge in [0.25, 0.3) is 0 Å². The molecular formula is C22H19N3OS. The maximum absolute atomic E-state index is 13.2. The first-order chi connectivity index (χ1) is 13.2. The van der Waals surface area contributed by atoms with E-state index in [1.807, 2.05) is 23.6 Å². The van der Waals surface area contributed by atoms with Gasteiger partial charge in [-0.15, -0.1) is 11.3 Å². The summed E-state index contributed by atoms with van der Waals surface area (Å²) < 4.78 is 0. The Labute approximate surface area is 162 Å². The lowest BCUT2D eigenvalue weighted by Gasteiger charge is -2.39. The van der Waals surface area contributed by atoms with Crippen LogP contribution in [0.3, 0.4) is 0 Å². The van der Waals surface area contributed by atoms with Crippen LogP contribution in [0.2, 0.25) is 0 Å². The van der Waals surface area contributed by atoms with Gasteiger partial charge in [0.15, 0.2) is 0 Å². The summed E-state index contributed by atoms with van der Waals surface area (Å²) >= 11 is 1.42. The zero-order valence-corrected chi connectivity index (χ0v) is 15.8. The van der Waals surface area contributed by atoms with Crippen molar-refractivity contribution in [2.75, 3.05) is 13.1 Å². The fourth-order valence-electron chi connectivity index (χ4n) is 3.47. The van der Waals surface area contributed by atoms with Crippen LogP contribution in [0, 0.1) is 18.3 Å². The molecular weight excluding hydrogens is 354 g/mol.